The first-order chi connectivity index (χ1) is 13.0. The fraction of sp³-hybridized carbons (Fsp3) is 0.450. The minimum Gasteiger partial charge on any atom is -0.354 e. The van der Waals surface area contributed by atoms with Crippen molar-refractivity contribution >= 4 is 27.3 Å². The third-order valence-electron chi connectivity index (χ3n) is 4.87. The smallest absolute Gasteiger partial charge is 0.225 e. The van der Waals surface area contributed by atoms with Gasteiger partial charge in [-0.25, -0.2) is 9.50 Å². The average molecular weight is 384 g/mol. The zero-order chi connectivity index (χ0) is 19.0. The molecule has 1 saturated heterocycles. The van der Waals surface area contributed by atoms with Gasteiger partial charge in [0.1, 0.15) is 0 Å². The molecule has 1 aliphatic rings. The number of fused-ring (bicyclic) bond motifs is 1. The Bertz CT molecular complexity index is 912. The van der Waals surface area contributed by atoms with Crippen LogP contribution >= 0.6 is 11.3 Å². The van der Waals surface area contributed by atoms with E-state index >= 15 is 0 Å². The van der Waals surface area contributed by atoms with E-state index < -0.39 is 0 Å². The summed E-state index contributed by atoms with van der Waals surface area (Å²) in [6, 6.07) is 8.54. The molecule has 1 aromatic carbocycles. The Morgan fingerprint density at radius 2 is 2.07 bits per heavy atom. The van der Waals surface area contributed by atoms with E-state index in [0.717, 1.165) is 47.3 Å². The number of carbonyl (C=O) groups is 1. The Morgan fingerprint density at radius 3 is 2.78 bits per heavy atom. The lowest BCUT2D eigenvalue weighted by Gasteiger charge is -2.31. The molecule has 0 spiro atoms. The topological polar surface area (TPSA) is 62.5 Å². The maximum Gasteiger partial charge on any atom is 0.225 e. The number of aromatic nitrogens is 3. The van der Waals surface area contributed by atoms with Crippen LogP contribution in [0.1, 0.15) is 32.3 Å². The van der Waals surface area contributed by atoms with Gasteiger partial charge in [-0.05, 0) is 33.6 Å². The Morgan fingerprint density at radius 1 is 1.30 bits per heavy atom. The van der Waals surface area contributed by atoms with Crippen molar-refractivity contribution in [2.75, 3.05) is 18.0 Å². The van der Waals surface area contributed by atoms with E-state index in [1.54, 1.807) is 11.3 Å². The van der Waals surface area contributed by atoms with Crippen molar-refractivity contribution in [3.63, 3.8) is 0 Å². The Hall–Kier alpha value is -2.41. The van der Waals surface area contributed by atoms with E-state index in [4.69, 9.17) is 10.1 Å². The van der Waals surface area contributed by atoms with Gasteiger partial charge in [0, 0.05) is 24.7 Å². The molecule has 1 N–H and O–H groups in total. The van der Waals surface area contributed by atoms with Crippen LogP contribution in [0.25, 0.3) is 16.2 Å². The van der Waals surface area contributed by atoms with Crippen molar-refractivity contribution in [3.8, 4) is 11.3 Å². The summed E-state index contributed by atoms with van der Waals surface area (Å²) in [6.07, 6.45) is 3.93. The Labute approximate surface area is 163 Å². The zero-order valence-electron chi connectivity index (χ0n) is 16.0. The van der Waals surface area contributed by atoms with Crippen LogP contribution in [-0.2, 0) is 4.79 Å². The molecule has 0 bridgehead atoms. The van der Waals surface area contributed by atoms with Crippen molar-refractivity contribution in [1.29, 1.82) is 0 Å². The number of anilines is 1. The van der Waals surface area contributed by atoms with Gasteiger partial charge >= 0.3 is 0 Å². The molecular weight excluding hydrogens is 358 g/mol. The van der Waals surface area contributed by atoms with Gasteiger partial charge in [0.05, 0.1) is 17.8 Å². The second-order valence-electron chi connectivity index (χ2n) is 7.55. The SMILES string of the molecule is Cc1ccc(-c2cn3nc(N4CCCC(C(=O)NC(C)C)C4)sc3n2)cc1. The molecule has 3 heterocycles. The third-order valence-corrected chi connectivity index (χ3v) is 5.86. The van der Waals surface area contributed by atoms with E-state index in [2.05, 4.69) is 41.4 Å². The number of rotatable bonds is 4. The van der Waals surface area contributed by atoms with Gasteiger partial charge in [0.2, 0.25) is 16.0 Å². The molecule has 0 radical (unpaired) electrons. The minimum absolute atomic E-state index is 0.0282. The summed E-state index contributed by atoms with van der Waals surface area (Å²) in [6.45, 7) is 7.74. The van der Waals surface area contributed by atoms with E-state index in [1.165, 1.54) is 5.56 Å². The summed E-state index contributed by atoms with van der Waals surface area (Å²) < 4.78 is 1.85. The van der Waals surface area contributed by atoms with Crippen LogP contribution in [0.3, 0.4) is 0 Å². The van der Waals surface area contributed by atoms with Crippen molar-refractivity contribution in [2.45, 2.75) is 39.7 Å². The van der Waals surface area contributed by atoms with E-state index in [-0.39, 0.29) is 17.9 Å². The van der Waals surface area contributed by atoms with Crippen LogP contribution in [0.2, 0.25) is 0 Å². The second-order valence-corrected chi connectivity index (χ2v) is 8.49. The third kappa shape index (κ3) is 3.83. The molecule has 142 valence electrons. The van der Waals surface area contributed by atoms with Crippen LogP contribution in [0.5, 0.6) is 0 Å². The number of hydrogen-bond donors (Lipinski definition) is 1. The fourth-order valence-corrected chi connectivity index (χ4v) is 4.37. The number of piperidine rings is 1. The van der Waals surface area contributed by atoms with E-state index in [9.17, 15) is 4.79 Å². The zero-order valence-corrected chi connectivity index (χ0v) is 16.8. The second kappa shape index (κ2) is 7.31. The number of nitrogens with one attached hydrogen (secondary N) is 1. The summed E-state index contributed by atoms with van der Waals surface area (Å²) >= 11 is 1.59. The number of aryl methyl sites for hydroxylation is 1. The number of nitrogens with zero attached hydrogens (tertiary/aromatic N) is 4. The number of benzene rings is 1. The van der Waals surface area contributed by atoms with E-state index in [0.29, 0.717) is 0 Å². The highest BCUT2D eigenvalue weighted by Crippen LogP contribution is 2.29. The predicted octanol–water partition coefficient (Wildman–Crippen LogP) is 3.51. The molecule has 1 aliphatic heterocycles. The van der Waals surface area contributed by atoms with Crippen LogP contribution in [0, 0.1) is 12.8 Å². The monoisotopic (exact) mass is 383 g/mol. The number of amides is 1. The minimum atomic E-state index is 0.0282. The molecule has 1 unspecified atom stereocenters. The van der Waals surface area contributed by atoms with Crippen LogP contribution in [-0.4, -0.2) is 39.6 Å². The van der Waals surface area contributed by atoms with Gasteiger partial charge in [-0.15, -0.1) is 5.10 Å². The fourth-order valence-electron chi connectivity index (χ4n) is 3.45. The lowest BCUT2D eigenvalue weighted by Crippen LogP contribution is -2.44. The van der Waals surface area contributed by atoms with Crippen molar-refractivity contribution in [2.24, 2.45) is 5.92 Å². The molecule has 3 aromatic rings. The summed E-state index contributed by atoms with van der Waals surface area (Å²) in [5.41, 5.74) is 3.28. The molecule has 0 aliphatic carbocycles. The normalized spacial score (nSPS) is 17.6. The van der Waals surface area contributed by atoms with Crippen LogP contribution in [0.15, 0.2) is 30.5 Å². The van der Waals surface area contributed by atoms with Gasteiger partial charge in [-0.2, -0.15) is 0 Å². The molecule has 4 rings (SSSR count). The molecule has 7 heteroatoms. The standard InChI is InChI=1S/C20H25N5OS/c1-13(2)21-18(26)16-5-4-10-24(11-16)20-23-25-12-17(22-19(25)27-20)15-8-6-14(3)7-9-15/h6-9,12-13,16H,4-5,10-11H2,1-3H3,(H,21,26). The lowest BCUT2D eigenvalue weighted by atomic mass is 9.97. The van der Waals surface area contributed by atoms with Gasteiger partial charge in [0.25, 0.3) is 0 Å². The first-order valence-electron chi connectivity index (χ1n) is 9.48. The molecule has 0 saturated carbocycles. The van der Waals surface area contributed by atoms with Crippen molar-refractivity contribution in [3.05, 3.63) is 36.0 Å². The van der Waals surface area contributed by atoms with Gasteiger partial charge in [0.15, 0.2) is 0 Å². The van der Waals surface area contributed by atoms with Gasteiger partial charge in [-0.3, -0.25) is 4.79 Å². The molecule has 1 fully saturated rings. The highest BCUT2D eigenvalue weighted by Gasteiger charge is 2.28. The summed E-state index contributed by atoms with van der Waals surface area (Å²) in [5, 5.41) is 8.70. The quantitative estimate of drug-likeness (QED) is 0.749. The molecule has 6 nitrogen and oxygen atoms in total. The van der Waals surface area contributed by atoms with Crippen molar-refractivity contribution < 1.29 is 4.79 Å². The summed E-state index contributed by atoms with van der Waals surface area (Å²) in [5.74, 6) is 0.179. The maximum absolute atomic E-state index is 12.4. The largest absolute Gasteiger partial charge is 0.354 e. The maximum atomic E-state index is 12.4. The lowest BCUT2D eigenvalue weighted by molar-refractivity contribution is -0.125. The van der Waals surface area contributed by atoms with Crippen LogP contribution in [0.4, 0.5) is 5.13 Å². The predicted molar refractivity (Wildman–Crippen MR) is 109 cm³/mol. The molecule has 2 aromatic heterocycles. The van der Waals surface area contributed by atoms with Crippen LogP contribution < -0.4 is 10.2 Å². The number of carbonyl (C=O) groups excluding carboxylic acids is 1. The van der Waals surface area contributed by atoms with Gasteiger partial charge < -0.3 is 10.2 Å². The first-order valence-corrected chi connectivity index (χ1v) is 10.3. The number of hydrogen-bond acceptors (Lipinski definition) is 5. The molecule has 1 amide bonds. The highest BCUT2D eigenvalue weighted by atomic mass is 32.1. The molecule has 1 atom stereocenters. The van der Waals surface area contributed by atoms with E-state index in [1.807, 2.05) is 24.6 Å². The molecular formula is C20H25N5OS. The Balaban J connectivity index is 1.51. The molecule has 27 heavy (non-hydrogen) atoms. The average Bonchev–Trinajstić information content (AvgIpc) is 3.21. The van der Waals surface area contributed by atoms with Gasteiger partial charge in [-0.1, -0.05) is 41.2 Å². The Kier molecular flexibility index (Phi) is 4.86. The van der Waals surface area contributed by atoms with Crippen molar-refractivity contribution in [1.82, 2.24) is 19.9 Å². The first kappa shape index (κ1) is 18.0. The summed E-state index contributed by atoms with van der Waals surface area (Å²) in [4.78, 5) is 20.2. The highest BCUT2D eigenvalue weighted by molar-refractivity contribution is 7.20. The summed E-state index contributed by atoms with van der Waals surface area (Å²) in [7, 11) is 0. The number of imidazole rings is 1.